The first-order valence-electron chi connectivity index (χ1n) is 8.79. The van der Waals surface area contributed by atoms with Crippen molar-refractivity contribution in [3.05, 3.63) is 28.7 Å². The number of carbonyl (C=O) groups excluding carboxylic acids is 1. The normalized spacial score (nSPS) is 17.8. The number of aryl methyl sites for hydroxylation is 2. The number of nitrogens with one attached hydrogen (secondary N) is 1. The summed E-state index contributed by atoms with van der Waals surface area (Å²) in [6, 6.07) is 1.87. The molecule has 3 heterocycles. The summed E-state index contributed by atoms with van der Waals surface area (Å²) in [4.78, 5) is 28.3. The smallest absolute Gasteiger partial charge is 0.225 e. The Bertz CT molecular complexity index is 758. The first-order chi connectivity index (χ1) is 11.9. The molecule has 1 atom stereocenters. The predicted molar refractivity (Wildman–Crippen MR) is 100 cm³/mol. The van der Waals surface area contributed by atoms with Gasteiger partial charge in [0.25, 0.3) is 0 Å². The number of anilines is 2. The second-order valence-corrected chi connectivity index (χ2v) is 7.73. The minimum atomic E-state index is -0.0397. The number of piperidine rings is 1. The molecule has 0 spiro atoms. The van der Waals surface area contributed by atoms with E-state index in [9.17, 15) is 4.79 Å². The number of hydrogen-bond donors (Lipinski definition) is 1. The van der Waals surface area contributed by atoms with Crippen molar-refractivity contribution in [1.29, 1.82) is 0 Å². The predicted octanol–water partition coefficient (Wildman–Crippen LogP) is 4.00. The van der Waals surface area contributed by atoms with Crippen LogP contribution < -0.4 is 5.32 Å². The molecule has 1 amide bonds. The van der Waals surface area contributed by atoms with Gasteiger partial charge < -0.3 is 10.2 Å². The van der Waals surface area contributed by atoms with E-state index in [0.29, 0.717) is 0 Å². The molecule has 2 aromatic rings. The molecule has 3 rings (SSSR count). The molecule has 0 radical (unpaired) electrons. The summed E-state index contributed by atoms with van der Waals surface area (Å²) in [5.41, 5.74) is 1.88. The van der Waals surface area contributed by atoms with Crippen molar-refractivity contribution in [1.82, 2.24) is 19.9 Å². The Hall–Kier alpha value is -2.02. The molecule has 1 fully saturated rings. The van der Waals surface area contributed by atoms with E-state index in [1.165, 1.54) is 0 Å². The van der Waals surface area contributed by atoms with Crippen molar-refractivity contribution >= 4 is 28.2 Å². The highest BCUT2D eigenvalue weighted by atomic mass is 32.1. The van der Waals surface area contributed by atoms with Crippen LogP contribution in [0.15, 0.2) is 11.4 Å². The first-order valence-corrected chi connectivity index (χ1v) is 9.67. The molecule has 25 heavy (non-hydrogen) atoms. The third-order valence-electron chi connectivity index (χ3n) is 4.30. The van der Waals surface area contributed by atoms with E-state index < -0.39 is 0 Å². The lowest BCUT2D eigenvalue weighted by atomic mass is 9.99. The summed E-state index contributed by atoms with van der Waals surface area (Å²) in [6.45, 7) is 8.61. The maximum Gasteiger partial charge on any atom is 0.225 e. The fourth-order valence-corrected chi connectivity index (χ4v) is 3.82. The summed E-state index contributed by atoms with van der Waals surface area (Å²) in [5, 5.41) is 6.09. The van der Waals surface area contributed by atoms with Crippen molar-refractivity contribution in [3.63, 3.8) is 0 Å². The summed E-state index contributed by atoms with van der Waals surface area (Å²) < 4.78 is 0. The summed E-state index contributed by atoms with van der Waals surface area (Å²) in [5.74, 6) is 1.63. The highest BCUT2D eigenvalue weighted by Gasteiger charge is 2.31. The molecule has 7 heteroatoms. The van der Waals surface area contributed by atoms with E-state index in [2.05, 4.69) is 15.3 Å². The Morgan fingerprint density at radius 3 is 2.72 bits per heavy atom. The van der Waals surface area contributed by atoms with Crippen molar-refractivity contribution < 1.29 is 4.79 Å². The number of rotatable bonds is 4. The van der Waals surface area contributed by atoms with Crippen LogP contribution in [0.1, 0.15) is 56.4 Å². The molecule has 1 unspecified atom stereocenters. The molecule has 1 aliphatic rings. The average molecular weight is 359 g/mol. The molecule has 134 valence electrons. The van der Waals surface area contributed by atoms with Gasteiger partial charge in [0.1, 0.15) is 5.82 Å². The summed E-state index contributed by atoms with van der Waals surface area (Å²) in [6.07, 6.45) is 3.06. The van der Waals surface area contributed by atoms with Gasteiger partial charge in [0.2, 0.25) is 5.91 Å². The molecule has 0 aromatic carbocycles. The van der Waals surface area contributed by atoms with E-state index in [4.69, 9.17) is 4.98 Å². The van der Waals surface area contributed by atoms with Crippen LogP contribution in [0.2, 0.25) is 0 Å². The lowest BCUT2D eigenvalue weighted by Gasteiger charge is -2.36. The van der Waals surface area contributed by atoms with Gasteiger partial charge in [-0.05, 0) is 33.1 Å². The monoisotopic (exact) mass is 359 g/mol. The first kappa shape index (κ1) is 17.8. The van der Waals surface area contributed by atoms with Crippen LogP contribution in [0.5, 0.6) is 0 Å². The molecule has 0 saturated carbocycles. The zero-order valence-corrected chi connectivity index (χ0v) is 16.1. The average Bonchev–Trinajstić information content (AvgIpc) is 2.98. The van der Waals surface area contributed by atoms with E-state index in [0.717, 1.165) is 54.0 Å². The van der Waals surface area contributed by atoms with Crippen LogP contribution in [0, 0.1) is 19.8 Å². The molecule has 0 bridgehead atoms. The molecule has 1 aliphatic heterocycles. The molecular weight excluding hydrogens is 334 g/mol. The number of likely N-dealkylation sites (tertiary alicyclic amines) is 1. The zero-order valence-electron chi connectivity index (χ0n) is 15.2. The molecular formula is C18H25N5OS. The molecule has 6 nitrogen and oxygen atoms in total. The number of amides is 1. The third kappa shape index (κ3) is 4.15. The topological polar surface area (TPSA) is 71.0 Å². The Morgan fingerprint density at radius 2 is 2.04 bits per heavy atom. The third-order valence-corrected chi connectivity index (χ3v) is 5.18. The van der Waals surface area contributed by atoms with Crippen LogP contribution in [0.3, 0.4) is 0 Å². The quantitative estimate of drug-likeness (QED) is 0.893. The Labute approximate surface area is 152 Å². The van der Waals surface area contributed by atoms with Crippen molar-refractivity contribution in [2.75, 3.05) is 11.9 Å². The van der Waals surface area contributed by atoms with E-state index in [1.807, 2.05) is 44.0 Å². The highest BCUT2D eigenvalue weighted by Crippen LogP contribution is 2.31. The second kappa shape index (κ2) is 7.47. The summed E-state index contributed by atoms with van der Waals surface area (Å²) in [7, 11) is 0. The maximum absolute atomic E-state index is 12.6. The van der Waals surface area contributed by atoms with Crippen molar-refractivity contribution in [2.24, 2.45) is 5.92 Å². The largest absolute Gasteiger partial charge is 0.332 e. The Balaban J connectivity index is 1.88. The van der Waals surface area contributed by atoms with Crippen LogP contribution in [0.25, 0.3) is 0 Å². The minimum absolute atomic E-state index is 0.0127. The molecule has 1 N–H and O–H groups in total. The maximum atomic E-state index is 12.6. The fraction of sp³-hybridized carbons (Fsp3) is 0.556. The standard InChI is InChI=1S/C18H25N5OS/c1-11(2)17(24)23-8-6-5-7-14(23)16-19-12(3)9-15(21-16)22-18-20-13(4)10-25-18/h9-11,14H,5-8H2,1-4H3,(H,19,20,21,22). The van der Waals surface area contributed by atoms with Crippen LogP contribution >= 0.6 is 11.3 Å². The second-order valence-electron chi connectivity index (χ2n) is 6.87. The van der Waals surface area contributed by atoms with Crippen LogP contribution in [-0.2, 0) is 4.79 Å². The lowest BCUT2D eigenvalue weighted by molar-refractivity contribution is -0.138. The van der Waals surface area contributed by atoms with Gasteiger partial charge in [0.05, 0.1) is 11.7 Å². The van der Waals surface area contributed by atoms with Gasteiger partial charge in [-0.3, -0.25) is 4.79 Å². The van der Waals surface area contributed by atoms with Gasteiger partial charge in [-0.2, -0.15) is 0 Å². The van der Waals surface area contributed by atoms with E-state index >= 15 is 0 Å². The van der Waals surface area contributed by atoms with E-state index in [-0.39, 0.29) is 17.9 Å². The zero-order chi connectivity index (χ0) is 18.0. The van der Waals surface area contributed by atoms with Gasteiger partial charge in [-0.1, -0.05) is 13.8 Å². The number of carbonyl (C=O) groups is 1. The molecule has 0 aliphatic carbocycles. The number of aromatic nitrogens is 3. The van der Waals surface area contributed by atoms with Crippen LogP contribution in [0.4, 0.5) is 10.9 Å². The lowest BCUT2D eigenvalue weighted by Crippen LogP contribution is -2.41. The minimum Gasteiger partial charge on any atom is -0.332 e. The van der Waals surface area contributed by atoms with E-state index in [1.54, 1.807) is 11.3 Å². The van der Waals surface area contributed by atoms with Crippen LogP contribution in [-0.4, -0.2) is 32.3 Å². The summed E-state index contributed by atoms with van der Waals surface area (Å²) >= 11 is 1.55. The van der Waals surface area contributed by atoms with Crippen molar-refractivity contribution in [2.45, 2.75) is 53.0 Å². The van der Waals surface area contributed by atoms with Gasteiger partial charge in [-0.15, -0.1) is 11.3 Å². The van der Waals surface area contributed by atoms with Gasteiger partial charge in [-0.25, -0.2) is 15.0 Å². The van der Waals surface area contributed by atoms with Gasteiger partial charge in [0.15, 0.2) is 11.0 Å². The SMILES string of the molecule is Cc1cc(Nc2nc(C)cs2)nc(C2CCCCN2C(=O)C(C)C)n1. The fourth-order valence-electron chi connectivity index (χ4n) is 3.12. The molecule has 2 aromatic heterocycles. The number of thiazole rings is 1. The van der Waals surface area contributed by atoms with Gasteiger partial charge >= 0.3 is 0 Å². The van der Waals surface area contributed by atoms with Crippen molar-refractivity contribution in [3.8, 4) is 0 Å². The number of hydrogen-bond acceptors (Lipinski definition) is 6. The number of nitrogens with zero attached hydrogens (tertiary/aromatic N) is 4. The molecule has 1 saturated heterocycles. The van der Waals surface area contributed by atoms with Gasteiger partial charge in [0, 0.05) is 29.6 Å². The Morgan fingerprint density at radius 1 is 1.24 bits per heavy atom. The highest BCUT2D eigenvalue weighted by molar-refractivity contribution is 7.13. The Kier molecular flexibility index (Phi) is 5.32.